The Kier molecular flexibility index (Phi) is 3.56. The molecule has 2 bridgehead atoms. The van der Waals surface area contributed by atoms with Crippen LogP contribution in [0, 0.1) is 23.7 Å². The number of nitrogens with zero attached hydrogens (tertiary/aromatic N) is 1. The van der Waals surface area contributed by atoms with E-state index >= 15 is 0 Å². The van der Waals surface area contributed by atoms with Crippen molar-refractivity contribution in [2.24, 2.45) is 23.7 Å². The van der Waals surface area contributed by atoms with Crippen molar-refractivity contribution in [3.8, 4) is 0 Å². The number of fused-ring (bicyclic) bond motifs is 2. The number of carboxylic acids is 1. The SMILES string of the molecule is CC1SCCN(C(=O)C2C3C=CC(C3)C2C(=O)O)C1C. The number of hydrogen-bond acceptors (Lipinski definition) is 3. The summed E-state index contributed by atoms with van der Waals surface area (Å²) in [4.78, 5) is 26.3. The fraction of sp³-hybridized carbons (Fsp3) is 0.733. The second kappa shape index (κ2) is 5.10. The predicted octanol–water partition coefficient (Wildman–Crippen LogP) is 1.86. The molecule has 1 heterocycles. The van der Waals surface area contributed by atoms with Crippen LogP contribution in [-0.2, 0) is 9.59 Å². The van der Waals surface area contributed by atoms with Crippen molar-refractivity contribution in [1.29, 1.82) is 0 Å². The second-order valence-corrected chi connectivity index (χ2v) is 7.67. The van der Waals surface area contributed by atoms with Crippen LogP contribution in [0.5, 0.6) is 0 Å². The minimum absolute atomic E-state index is 0.0540. The zero-order valence-electron chi connectivity index (χ0n) is 11.9. The van der Waals surface area contributed by atoms with Crippen LogP contribution in [0.1, 0.15) is 20.3 Å². The molecule has 0 aromatic carbocycles. The monoisotopic (exact) mass is 295 g/mol. The Labute approximate surface area is 123 Å². The molecule has 1 aliphatic heterocycles. The average molecular weight is 295 g/mol. The van der Waals surface area contributed by atoms with Gasteiger partial charge in [-0.2, -0.15) is 11.8 Å². The van der Waals surface area contributed by atoms with Crippen molar-refractivity contribution < 1.29 is 14.7 Å². The summed E-state index contributed by atoms with van der Waals surface area (Å²) in [5, 5.41) is 9.88. The van der Waals surface area contributed by atoms with Crippen molar-refractivity contribution in [2.75, 3.05) is 12.3 Å². The molecular weight excluding hydrogens is 274 g/mol. The van der Waals surface area contributed by atoms with Gasteiger partial charge in [0, 0.05) is 23.6 Å². The van der Waals surface area contributed by atoms with E-state index in [9.17, 15) is 14.7 Å². The van der Waals surface area contributed by atoms with E-state index in [1.807, 2.05) is 22.7 Å². The standard InChI is InChI=1S/C15H21NO3S/c1-8-9(2)20-6-5-16(8)14(17)12-10-3-4-11(7-10)13(12)15(18)19/h3-4,8-13H,5-7H2,1-2H3,(H,18,19). The molecule has 2 aliphatic carbocycles. The number of carbonyl (C=O) groups is 2. The van der Waals surface area contributed by atoms with E-state index < -0.39 is 11.9 Å². The topological polar surface area (TPSA) is 57.6 Å². The number of rotatable bonds is 2. The Balaban J connectivity index is 1.82. The molecule has 20 heavy (non-hydrogen) atoms. The van der Waals surface area contributed by atoms with Crippen molar-refractivity contribution >= 4 is 23.6 Å². The molecule has 0 aromatic rings. The van der Waals surface area contributed by atoms with Gasteiger partial charge in [0.05, 0.1) is 11.8 Å². The molecule has 5 heteroatoms. The number of carbonyl (C=O) groups excluding carboxylic acids is 1. The highest BCUT2D eigenvalue weighted by Gasteiger charge is 2.53. The highest BCUT2D eigenvalue weighted by atomic mass is 32.2. The molecule has 2 fully saturated rings. The first-order chi connectivity index (χ1) is 9.50. The molecule has 6 unspecified atom stereocenters. The fourth-order valence-electron chi connectivity index (χ4n) is 3.93. The highest BCUT2D eigenvalue weighted by Crippen LogP contribution is 2.49. The fourth-order valence-corrected chi connectivity index (χ4v) is 5.03. The van der Waals surface area contributed by atoms with Crippen molar-refractivity contribution in [2.45, 2.75) is 31.6 Å². The molecule has 6 atom stereocenters. The third kappa shape index (κ3) is 2.07. The molecule has 3 rings (SSSR count). The number of carboxylic acid groups (broad SMARTS) is 1. The average Bonchev–Trinajstić information content (AvgIpc) is 3.01. The lowest BCUT2D eigenvalue weighted by Gasteiger charge is -2.40. The van der Waals surface area contributed by atoms with E-state index in [-0.39, 0.29) is 29.7 Å². The van der Waals surface area contributed by atoms with Crippen LogP contribution in [0.25, 0.3) is 0 Å². The van der Waals surface area contributed by atoms with E-state index in [1.54, 1.807) is 0 Å². The lowest BCUT2D eigenvalue weighted by molar-refractivity contribution is -0.151. The summed E-state index contributed by atoms with van der Waals surface area (Å²) in [5.41, 5.74) is 0. The zero-order chi connectivity index (χ0) is 14.4. The smallest absolute Gasteiger partial charge is 0.307 e. The first kappa shape index (κ1) is 14.0. The van der Waals surface area contributed by atoms with Gasteiger partial charge in [-0.3, -0.25) is 9.59 Å². The Morgan fingerprint density at radius 3 is 2.50 bits per heavy atom. The van der Waals surface area contributed by atoms with Gasteiger partial charge >= 0.3 is 5.97 Å². The van der Waals surface area contributed by atoms with E-state index in [0.29, 0.717) is 5.25 Å². The van der Waals surface area contributed by atoms with Gasteiger partial charge in [0.25, 0.3) is 0 Å². The molecule has 1 saturated carbocycles. The molecule has 0 aromatic heterocycles. The minimum Gasteiger partial charge on any atom is -0.481 e. The number of hydrogen-bond donors (Lipinski definition) is 1. The van der Waals surface area contributed by atoms with Gasteiger partial charge in [-0.05, 0) is 25.2 Å². The Hall–Kier alpha value is -0.970. The second-order valence-electron chi connectivity index (χ2n) is 6.19. The number of thioether (sulfide) groups is 1. The van der Waals surface area contributed by atoms with E-state index in [1.165, 1.54) is 0 Å². The molecule has 1 amide bonds. The van der Waals surface area contributed by atoms with Gasteiger partial charge in [0.15, 0.2) is 0 Å². The Bertz CT molecular complexity index is 464. The summed E-state index contributed by atoms with van der Waals surface area (Å²) in [7, 11) is 0. The molecular formula is C15H21NO3S. The molecule has 1 N–H and O–H groups in total. The normalized spacial score (nSPS) is 43.0. The number of allylic oxidation sites excluding steroid dienone is 2. The zero-order valence-corrected chi connectivity index (χ0v) is 12.7. The third-order valence-corrected chi connectivity index (χ3v) is 6.53. The van der Waals surface area contributed by atoms with Gasteiger partial charge in [-0.15, -0.1) is 0 Å². The maximum atomic E-state index is 12.9. The summed E-state index contributed by atoms with van der Waals surface area (Å²) in [5.74, 6) is -0.480. The van der Waals surface area contributed by atoms with Gasteiger partial charge in [0.2, 0.25) is 5.91 Å². The summed E-state index contributed by atoms with van der Waals surface area (Å²) >= 11 is 1.89. The van der Waals surface area contributed by atoms with E-state index in [0.717, 1.165) is 18.7 Å². The van der Waals surface area contributed by atoms with Crippen LogP contribution < -0.4 is 0 Å². The summed E-state index contributed by atoms with van der Waals surface area (Å²) in [6.07, 6.45) is 4.88. The molecule has 0 radical (unpaired) electrons. The largest absolute Gasteiger partial charge is 0.481 e. The van der Waals surface area contributed by atoms with E-state index in [2.05, 4.69) is 19.9 Å². The van der Waals surface area contributed by atoms with Crippen molar-refractivity contribution in [3.05, 3.63) is 12.2 Å². The molecule has 4 nitrogen and oxygen atoms in total. The van der Waals surface area contributed by atoms with Gasteiger partial charge in [-0.1, -0.05) is 19.1 Å². The first-order valence-corrected chi connectivity index (χ1v) is 8.38. The molecule has 0 spiro atoms. The maximum Gasteiger partial charge on any atom is 0.307 e. The number of amides is 1. The minimum atomic E-state index is -0.813. The summed E-state index contributed by atoms with van der Waals surface area (Å²) in [6, 6.07) is 0.193. The quantitative estimate of drug-likeness (QED) is 0.790. The number of aliphatic carboxylic acids is 1. The van der Waals surface area contributed by atoms with Gasteiger partial charge < -0.3 is 10.0 Å². The van der Waals surface area contributed by atoms with Crippen LogP contribution in [-0.4, -0.2) is 45.5 Å². The highest BCUT2D eigenvalue weighted by molar-refractivity contribution is 8.00. The van der Waals surface area contributed by atoms with Gasteiger partial charge in [-0.25, -0.2) is 0 Å². The summed E-state index contributed by atoms with van der Waals surface area (Å²) in [6.45, 7) is 4.97. The summed E-state index contributed by atoms with van der Waals surface area (Å²) < 4.78 is 0. The maximum absolute atomic E-state index is 12.9. The van der Waals surface area contributed by atoms with Crippen LogP contribution >= 0.6 is 11.8 Å². The van der Waals surface area contributed by atoms with Crippen LogP contribution in [0.15, 0.2) is 12.2 Å². The van der Waals surface area contributed by atoms with Gasteiger partial charge in [0.1, 0.15) is 0 Å². The first-order valence-electron chi connectivity index (χ1n) is 7.34. The molecule has 1 saturated heterocycles. The van der Waals surface area contributed by atoms with E-state index in [4.69, 9.17) is 0 Å². The van der Waals surface area contributed by atoms with Crippen molar-refractivity contribution in [1.82, 2.24) is 4.90 Å². The van der Waals surface area contributed by atoms with Crippen LogP contribution in [0.4, 0.5) is 0 Å². The Morgan fingerprint density at radius 1 is 1.20 bits per heavy atom. The molecule has 3 aliphatic rings. The van der Waals surface area contributed by atoms with Crippen molar-refractivity contribution in [3.63, 3.8) is 0 Å². The van der Waals surface area contributed by atoms with Crippen LogP contribution in [0.2, 0.25) is 0 Å². The lowest BCUT2D eigenvalue weighted by Crippen LogP contribution is -2.52. The van der Waals surface area contributed by atoms with Crippen LogP contribution in [0.3, 0.4) is 0 Å². The predicted molar refractivity (Wildman–Crippen MR) is 78.4 cm³/mol. The molecule has 110 valence electrons. The Morgan fingerprint density at radius 2 is 1.85 bits per heavy atom. The third-order valence-electron chi connectivity index (χ3n) is 5.20. The lowest BCUT2D eigenvalue weighted by atomic mass is 9.82.